The number of esters is 1. The molecule has 2 N–H and O–H groups in total. The summed E-state index contributed by atoms with van der Waals surface area (Å²) < 4.78 is 4.91. The summed E-state index contributed by atoms with van der Waals surface area (Å²) in [5, 5.41) is 5.84. The van der Waals surface area contributed by atoms with Crippen LogP contribution in [0.2, 0.25) is 0 Å². The monoisotopic (exact) mass is 274 g/mol. The van der Waals surface area contributed by atoms with Crippen LogP contribution < -0.4 is 10.6 Å². The van der Waals surface area contributed by atoms with Gasteiger partial charge in [0.25, 0.3) is 0 Å². The number of nitrogens with one attached hydrogen (secondary N) is 2. The summed E-state index contributed by atoms with van der Waals surface area (Å²) in [7, 11) is 1.32. The van der Waals surface area contributed by atoms with E-state index in [1.807, 2.05) is 11.8 Å². The summed E-state index contributed by atoms with van der Waals surface area (Å²) in [5.74, 6) is 0.556. The lowest BCUT2D eigenvalue weighted by atomic mass is 10.1. The van der Waals surface area contributed by atoms with Crippen molar-refractivity contribution in [3.63, 3.8) is 0 Å². The number of amides is 1. The second-order valence-electron chi connectivity index (χ2n) is 4.81. The number of ether oxygens (including phenoxy) is 1. The van der Waals surface area contributed by atoms with Crippen LogP contribution >= 0.6 is 11.8 Å². The molecule has 18 heavy (non-hydrogen) atoms. The molecule has 0 spiro atoms. The van der Waals surface area contributed by atoms with Crippen molar-refractivity contribution in [3.8, 4) is 0 Å². The van der Waals surface area contributed by atoms with E-state index in [9.17, 15) is 9.59 Å². The van der Waals surface area contributed by atoms with Gasteiger partial charge < -0.3 is 15.4 Å². The fraction of sp³-hybridized carbons (Fsp3) is 0.833. The highest BCUT2D eigenvalue weighted by atomic mass is 32.2. The molecule has 0 aromatic heterocycles. The summed E-state index contributed by atoms with van der Waals surface area (Å²) in [6.07, 6.45) is 2.43. The Morgan fingerprint density at radius 3 is 2.72 bits per heavy atom. The van der Waals surface area contributed by atoms with Crippen LogP contribution in [0, 0.1) is 0 Å². The SMILES string of the molecule is COC(=O)C(CNCC1(C)CCCS1)NC(C)=O. The summed E-state index contributed by atoms with van der Waals surface area (Å²) in [4.78, 5) is 22.5. The summed E-state index contributed by atoms with van der Waals surface area (Å²) in [6, 6.07) is -0.609. The van der Waals surface area contributed by atoms with Crippen molar-refractivity contribution >= 4 is 23.6 Å². The first-order valence-corrected chi connectivity index (χ1v) is 7.15. The number of thioether (sulfide) groups is 1. The van der Waals surface area contributed by atoms with Gasteiger partial charge in [0.05, 0.1) is 7.11 Å². The van der Waals surface area contributed by atoms with Gasteiger partial charge in [-0.3, -0.25) is 4.79 Å². The van der Waals surface area contributed by atoms with Crippen molar-refractivity contribution in [3.05, 3.63) is 0 Å². The number of hydrogen-bond acceptors (Lipinski definition) is 5. The average Bonchev–Trinajstić information content (AvgIpc) is 2.73. The van der Waals surface area contributed by atoms with Crippen LogP contribution in [-0.2, 0) is 14.3 Å². The lowest BCUT2D eigenvalue weighted by molar-refractivity contribution is -0.144. The minimum atomic E-state index is -0.609. The van der Waals surface area contributed by atoms with Gasteiger partial charge in [-0.25, -0.2) is 4.79 Å². The Balaban J connectivity index is 2.36. The molecule has 1 rings (SSSR count). The zero-order valence-corrected chi connectivity index (χ0v) is 12.1. The first-order valence-electron chi connectivity index (χ1n) is 6.16. The first-order chi connectivity index (χ1) is 8.47. The number of carbonyl (C=O) groups excluding carboxylic acids is 2. The van der Waals surface area contributed by atoms with Crippen LogP contribution in [0.4, 0.5) is 0 Å². The predicted octanol–water partition coefficient (Wildman–Crippen LogP) is 0.539. The molecule has 0 radical (unpaired) electrons. The van der Waals surface area contributed by atoms with E-state index >= 15 is 0 Å². The molecule has 1 amide bonds. The van der Waals surface area contributed by atoms with Crippen LogP contribution in [0.15, 0.2) is 0 Å². The molecule has 1 fully saturated rings. The second kappa shape index (κ2) is 6.99. The fourth-order valence-electron chi connectivity index (χ4n) is 2.04. The van der Waals surface area contributed by atoms with Crippen molar-refractivity contribution in [2.45, 2.75) is 37.5 Å². The topological polar surface area (TPSA) is 67.4 Å². The van der Waals surface area contributed by atoms with Gasteiger partial charge in [-0.15, -0.1) is 0 Å². The van der Waals surface area contributed by atoms with Crippen molar-refractivity contribution in [1.29, 1.82) is 0 Å². The van der Waals surface area contributed by atoms with Gasteiger partial charge in [0.2, 0.25) is 5.91 Å². The molecular weight excluding hydrogens is 252 g/mol. The molecule has 104 valence electrons. The lowest BCUT2D eigenvalue weighted by Crippen LogP contribution is -2.49. The number of rotatable bonds is 6. The molecule has 0 bridgehead atoms. The maximum absolute atomic E-state index is 11.5. The highest BCUT2D eigenvalue weighted by molar-refractivity contribution is 8.00. The maximum atomic E-state index is 11.5. The quantitative estimate of drug-likeness (QED) is 0.692. The van der Waals surface area contributed by atoms with Crippen LogP contribution in [0.5, 0.6) is 0 Å². The summed E-state index contributed by atoms with van der Waals surface area (Å²) in [6.45, 7) is 4.86. The van der Waals surface area contributed by atoms with Gasteiger partial charge in [0.15, 0.2) is 0 Å². The zero-order valence-electron chi connectivity index (χ0n) is 11.2. The Morgan fingerprint density at radius 1 is 1.50 bits per heavy atom. The Bertz CT molecular complexity index is 304. The molecular formula is C12H22N2O3S. The van der Waals surface area contributed by atoms with E-state index in [1.165, 1.54) is 32.6 Å². The van der Waals surface area contributed by atoms with Gasteiger partial charge in [0.1, 0.15) is 6.04 Å². The molecule has 1 aliphatic heterocycles. The van der Waals surface area contributed by atoms with E-state index in [1.54, 1.807) is 0 Å². The predicted molar refractivity (Wildman–Crippen MR) is 72.6 cm³/mol. The third-order valence-electron chi connectivity index (χ3n) is 3.01. The maximum Gasteiger partial charge on any atom is 0.329 e. The highest BCUT2D eigenvalue weighted by Gasteiger charge is 2.29. The van der Waals surface area contributed by atoms with E-state index in [0.29, 0.717) is 6.54 Å². The normalized spacial score (nSPS) is 24.6. The number of methoxy groups -OCH3 is 1. The van der Waals surface area contributed by atoms with Gasteiger partial charge >= 0.3 is 5.97 Å². The molecule has 5 nitrogen and oxygen atoms in total. The first kappa shape index (κ1) is 15.3. The average molecular weight is 274 g/mol. The Kier molecular flexibility index (Phi) is 5.95. The Labute approximate surface area is 112 Å². The molecule has 2 atom stereocenters. The van der Waals surface area contributed by atoms with Crippen LogP contribution in [0.1, 0.15) is 26.7 Å². The van der Waals surface area contributed by atoms with Gasteiger partial charge in [0, 0.05) is 24.8 Å². The summed E-state index contributed by atoms with van der Waals surface area (Å²) in [5.41, 5.74) is 0. The van der Waals surface area contributed by atoms with Gasteiger partial charge in [-0.1, -0.05) is 0 Å². The highest BCUT2D eigenvalue weighted by Crippen LogP contribution is 2.36. The van der Waals surface area contributed by atoms with E-state index in [0.717, 1.165) is 6.54 Å². The van der Waals surface area contributed by atoms with Crippen molar-refractivity contribution in [2.75, 3.05) is 26.0 Å². The molecule has 0 aromatic carbocycles. The number of hydrogen-bond donors (Lipinski definition) is 2. The van der Waals surface area contributed by atoms with E-state index in [4.69, 9.17) is 0 Å². The molecule has 6 heteroatoms. The molecule has 0 aromatic rings. The lowest BCUT2D eigenvalue weighted by Gasteiger charge is -2.24. The van der Waals surface area contributed by atoms with E-state index in [2.05, 4.69) is 22.3 Å². The Morgan fingerprint density at radius 2 is 2.22 bits per heavy atom. The fourth-order valence-corrected chi connectivity index (χ4v) is 3.31. The molecule has 0 saturated carbocycles. The molecule has 2 unspecified atom stereocenters. The third-order valence-corrected chi connectivity index (χ3v) is 4.55. The van der Waals surface area contributed by atoms with Crippen LogP contribution in [0.3, 0.4) is 0 Å². The zero-order chi connectivity index (χ0) is 13.6. The number of carbonyl (C=O) groups is 2. The molecule has 1 heterocycles. The second-order valence-corrected chi connectivity index (χ2v) is 6.49. The minimum Gasteiger partial charge on any atom is -0.467 e. The largest absolute Gasteiger partial charge is 0.467 e. The summed E-state index contributed by atoms with van der Waals surface area (Å²) >= 11 is 1.96. The molecule has 1 saturated heterocycles. The molecule has 0 aliphatic carbocycles. The minimum absolute atomic E-state index is 0.228. The van der Waals surface area contributed by atoms with Crippen molar-refractivity contribution in [2.24, 2.45) is 0 Å². The Hall–Kier alpha value is -0.750. The van der Waals surface area contributed by atoms with Crippen LogP contribution in [0.25, 0.3) is 0 Å². The van der Waals surface area contributed by atoms with Crippen LogP contribution in [-0.4, -0.2) is 48.6 Å². The van der Waals surface area contributed by atoms with Crippen molar-refractivity contribution < 1.29 is 14.3 Å². The standard InChI is InChI=1S/C12H22N2O3S/c1-9(15)14-10(11(16)17-3)7-13-8-12(2)5-4-6-18-12/h10,13H,4-8H2,1-3H3,(H,14,15). The third kappa shape index (κ3) is 4.86. The smallest absolute Gasteiger partial charge is 0.329 e. The van der Waals surface area contributed by atoms with E-state index in [-0.39, 0.29) is 10.7 Å². The van der Waals surface area contributed by atoms with E-state index < -0.39 is 12.0 Å². The molecule has 1 aliphatic rings. The van der Waals surface area contributed by atoms with Crippen molar-refractivity contribution in [1.82, 2.24) is 10.6 Å². The van der Waals surface area contributed by atoms with Gasteiger partial charge in [-0.2, -0.15) is 11.8 Å². The van der Waals surface area contributed by atoms with Gasteiger partial charge in [-0.05, 0) is 25.5 Å².